The largest absolute Gasteiger partial charge is 0.497 e. The standard InChI is InChI=1S/C20H19N3O4/c1-3-27-19(25)16-17(12-7-6-8-13(11-12)26-2)23-15-10-5-4-9-14(15)21-20(23)22-18(16)24/h4-11,16-17H,3H2,1-2H3,(H,21,22,24)/t16-,17-/m0/s1. The zero-order valence-electron chi connectivity index (χ0n) is 15.0. The number of nitrogens with zero attached hydrogens (tertiary/aromatic N) is 2. The van der Waals surface area contributed by atoms with Crippen LogP contribution in [0, 0.1) is 5.92 Å². The van der Waals surface area contributed by atoms with Gasteiger partial charge in [-0.3, -0.25) is 14.9 Å². The lowest BCUT2D eigenvalue weighted by atomic mass is 9.90. The van der Waals surface area contributed by atoms with Crippen LogP contribution in [-0.2, 0) is 14.3 Å². The van der Waals surface area contributed by atoms with E-state index in [1.54, 1.807) is 14.0 Å². The molecule has 138 valence electrons. The van der Waals surface area contributed by atoms with Crippen LogP contribution in [0.3, 0.4) is 0 Å². The van der Waals surface area contributed by atoms with Gasteiger partial charge in [0.15, 0.2) is 5.92 Å². The van der Waals surface area contributed by atoms with Gasteiger partial charge in [0.1, 0.15) is 5.75 Å². The number of hydrogen-bond donors (Lipinski definition) is 1. The Morgan fingerprint density at radius 3 is 2.81 bits per heavy atom. The summed E-state index contributed by atoms with van der Waals surface area (Å²) >= 11 is 0. The first kappa shape index (κ1) is 17.1. The van der Waals surface area contributed by atoms with E-state index in [-0.39, 0.29) is 6.61 Å². The van der Waals surface area contributed by atoms with Gasteiger partial charge in [-0.05, 0) is 36.8 Å². The number of ether oxygens (including phenoxy) is 2. The minimum Gasteiger partial charge on any atom is -0.497 e. The van der Waals surface area contributed by atoms with Crippen molar-refractivity contribution >= 4 is 28.9 Å². The second-order valence-corrected chi connectivity index (χ2v) is 6.23. The second-order valence-electron chi connectivity index (χ2n) is 6.23. The van der Waals surface area contributed by atoms with Crippen LogP contribution in [0.1, 0.15) is 18.5 Å². The lowest BCUT2D eigenvalue weighted by Gasteiger charge is -2.32. The van der Waals surface area contributed by atoms with Gasteiger partial charge in [0.05, 0.1) is 30.8 Å². The third kappa shape index (κ3) is 2.81. The van der Waals surface area contributed by atoms with Gasteiger partial charge in [0, 0.05) is 0 Å². The van der Waals surface area contributed by atoms with E-state index in [1.807, 2.05) is 53.1 Å². The highest BCUT2D eigenvalue weighted by Crippen LogP contribution is 2.39. The smallest absolute Gasteiger partial charge is 0.321 e. The number of para-hydroxylation sites is 2. The number of methoxy groups -OCH3 is 1. The zero-order chi connectivity index (χ0) is 19.0. The summed E-state index contributed by atoms with van der Waals surface area (Å²) in [5, 5.41) is 2.75. The number of rotatable bonds is 4. The molecular weight excluding hydrogens is 346 g/mol. The molecule has 2 heterocycles. The summed E-state index contributed by atoms with van der Waals surface area (Å²) in [6.07, 6.45) is 0. The number of imidazole rings is 1. The van der Waals surface area contributed by atoms with Crippen LogP contribution in [0.25, 0.3) is 11.0 Å². The number of esters is 1. The van der Waals surface area contributed by atoms with Crippen LogP contribution in [0.5, 0.6) is 5.75 Å². The number of carbonyl (C=O) groups excluding carboxylic acids is 2. The molecule has 7 nitrogen and oxygen atoms in total. The van der Waals surface area contributed by atoms with Gasteiger partial charge in [0.2, 0.25) is 11.9 Å². The van der Waals surface area contributed by atoms with Crippen LogP contribution in [0.2, 0.25) is 0 Å². The Morgan fingerprint density at radius 2 is 2.04 bits per heavy atom. The molecule has 0 saturated carbocycles. The van der Waals surface area contributed by atoms with Crippen molar-refractivity contribution in [1.29, 1.82) is 0 Å². The molecule has 2 atom stereocenters. The highest BCUT2D eigenvalue weighted by Gasteiger charge is 2.44. The highest BCUT2D eigenvalue weighted by molar-refractivity contribution is 6.07. The molecule has 0 aliphatic carbocycles. The van der Waals surface area contributed by atoms with Crippen molar-refractivity contribution in [2.45, 2.75) is 13.0 Å². The summed E-state index contributed by atoms with van der Waals surface area (Å²) in [7, 11) is 1.58. The van der Waals surface area contributed by atoms with Gasteiger partial charge in [-0.2, -0.15) is 0 Å². The molecule has 1 N–H and O–H groups in total. The van der Waals surface area contributed by atoms with E-state index in [1.165, 1.54) is 0 Å². The highest BCUT2D eigenvalue weighted by atomic mass is 16.5. The van der Waals surface area contributed by atoms with Crippen molar-refractivity contribution in [3.05, 3.63) is 54.1 Å². The lowest BCUT2D eigenvalue weighted by molar-refractivity contribution is -0.152. The Balaban J connectivity index is 1.96. The number of nitrogens with one attached hydrogen (secondary N) is 1. The Kier molecular flexibility index (Phi) is 4.27. The number of hydrogen-bond acceptors (Lipinski definition) is 5. The van der Waals surface area contributed by atoms with Crippen LogP contribution in [-0.4, -0.2) is 35.1 Å². The maximum Gasteiger partial charge on any atom is 0.321 e. The first-order valence-electron chi connectivity index (χ1n) is 8.72. The Bertz CT molecular complexity index is 1030. The minimum absolute atomic E-state index is 0.199. The van der Waals surface area contributed by atoms with Crippen LogP contribution >= 0.6 is 0 Å². The number of carbonyl (C=O) groups is 2. The maximum absolute atomic E-state index is 12.8. The van der Waals surface area contributed by atoms with Crippen molar-refractivity contribution in [1.82, 2.24) is 9.55 Å². The molecule has 1 aromatic heterocycles. The molecular formula is C20H19N3O4. The average molecular weight is 365 g/mol. The third-order valence-corrected chi connectivity index (χ3v) is 4.68. The molecule has 1 aliphatic rings. The summed E-state index contributed by atoms with van der Waals surface area (Å²) in [4.78, 5) is 30.0. The van der Waals surface area contributed by atoms with Crippen molar-refractivity contribution < 1.29 is 19.1 Å². The molecule has 0 bridgehead atoms. The fourth-order valence-electron chi connectivity index (χ4n) is 3.53. The maximum atomic E-state index is 12.8. The SMILES string of the molecule is CCOC(=O)[C@@H]1C(=O)Nc2nc3ccccc3n2[C@H]1c1cccc(OC)c1. The van der Waals surface area contributed by atoms with Gasteiger partial charge in [-0.25, -0.2) is 4.98 Å². The molecule has 2 aromatic carbocycles. The van der Waals surface area contributed by atoms with Crippen LogP contribution < -0.4 is 10.1 Å². The van der Waals surface area contributed by atoms with Gasteiger partial charge in [0.25, 0.3) is 0 Å². The Labute approximate surface area is 155 Å². The molecule has 0 radical (unpaired) electrons. The van der Waals surface area contributed by atoms with E-state index in [2.05, 4.69) is 10.3 Å². The number of aromatic nitrogens is 2. The Morgan fingerprint density at radius 1 is 1.22 bits per heavy atom. The van der Waals surface area contributed by atoms with E-state index in [4.69, 9.17) is 9.47 Å². The van der Waals surface area contributed by atoms with E-state index < -0.39 is 23.8 Å². The van der Waals surface area contributed by atoms with E-state index in [9.17, 15) is 9.59 Å². The van der Waals surface area contributed by atoms with Crippen molar-refractivity contribution in [2.75, 3.05) is 19.0 Å². The van der Waals surface area contributed by atoms with E-state index in [0.717, 1.165) is 16.6 Å². The predicted molar refractivity (Wildman–Crippen MR) is 99.6 cm³/mol. The summed E-state index contributed by atoms with van der Waals surface area (Å²) in [5.74, 6) is -0.959. The van der Waals surface area contributed by atoms with Gasteiger partial charge in [-0.1, -0.05) is 24.3 Å². The fraction of sp³-hybridized carbons (Fsp3) is 0.250. The first-order valence-corrected chi connectivity index (χ1v) is 8.72. The fourth-order valence-corrected chi connectivity index (χ4v) is 3.53. The number of amides is 1. The number of anilines is 1. The van der Waals surface area contributed by atoms with Crippen LogP contribution in [0.4, 0.5) is 5.95 Å². The first-order chi connectivity index (χ1) is 13.1. The normalized spacial score (nSPS) is 18.7. The molecule has 7 heteroatoms. The van der Waals surface area contributed by atoms with Gasteiger partial charge in [-0.15, -0.1) is 0 Å². The average Bonchev–Trinajstić information content (AvgIpc) is 3.04. The topological polar surface area (TPSA) is 82.5 Å². The van der Waals surface area contributed by atoms with Crippen LogP contribution in [0.15, 0.2) is 48.5 Å². The van der Waals surface area contributed by atoms with E-state index in [0.29, 0.717) is 11.7 Å². The van der Waals surface area contributed by atoms with Gasteiger partial charge < -0.3 is 14.0 Å². The summed E-state index contributed by atoms with van der Waals surface area (Å²) in [5.41, 5.74) is 2.34. The summed E-state index contributed by atoms with van der Waals surface area (Å²) in [6.45, 7) is 1.92. The Hall–Kier alpha value is -3.35. The monoisotopic (exact) mass is 365 g/mol. The molecule has 0 unspecified atom stereocenters. The molecule has 1 aliphatic heterocycles. The molecule has 0 spiro atoms. The lowest BCUT2D eigenvalue weighted by Crippen LogP contribution is -2.43. The molecule has 4 rings (SSSR count). The van der Waals surface area contributed by atoms with Crippen molar-refractivity contribution in [3.63, 3.8) is 0 Å². The van der Waals surface area contributed by atoms with E-state index >= 15 is 0 Å². The summed E-state index contributed by atoms with van der Waals surface area (Å²) < 4.78 is 12.4. The second kappa shape index (κ2) is 6.75. The number of benzene rings is 2. The predicted octanol–water partition coefficient (Wildman–Crippen LogP) is 2.77. The van der Waals surface area contributed by atoms with Gasteiger partial charge >= 0.3 is 5.97 Å². The molecule has 0 saturated heterocycles. The molecule has 27 heavy (non-hydrogen) atoms. The minimum atomic E-state index is -1.03. The summed E-state index contributed by atoms with van der Waals surface area (Å²) in [6, 6.07) is 14.3. The zero-order valence-corrected chi connectivity index (χ0v) is 15.0. The molecule has 0 fully saturated rings. The molecule has 3 aromatic rings. The molecule has 1 amide bonds. The van der Waals surface area contributed by atoms with Crippen molar-refractivity contribution in [3.8, 4) is 5.75 Å². The van der Waals surface area contributed by atoms with Crippen molar-refractivity contribution in [2.24, 2.45) is 5.92 Å². The number of fused-ring (bicyclic) bond motifs is 3. The quantitative estimate of drug-likeness (QED) is 0.568. The third-order valence-electron chi connectivity index (χ3n) is 4.68.